The molecule has 2 aliphatic heterocycles. The summed E-state index contributed by atoms with van der Waals surface area (Å²) in [5, 5.41) is 6.62. The summed E-state index contributed by atoms with van der Waals surface area (Å²) in [6.45, 7) is 0.715. The van der Waals surface area contributed by atoms with Crippen LogP contribution in [0.5, 0.6) is 0 Å². The Morgan fingerprint density at radius 1 is 1.16 bits per heavy atom. The van der Waals surface area contributed by atoms with Crippen LogP contribution in [0.1, 0.15) is 30.0 Å². The number of hydrogen-bond donors (Lipinski definition) is 2. The number of ether oxygens (including phenoxy) is 1. The van der Waals surface area contributed by atoms with Gasteiger partial charge in [-0.05, 0) is 36.1 Å². The molecular formula is C23H26N4O3S. The molecule has 0 radical (unpaired) electrons. The van der Waals surface area contributed by atoms with Crippen molar-refractivity contribution in [2.24, 2.45) is 4.99 Å². The molecule has 0 bridgehead atoms. The largest absolute Gasteiger partial charge is 0.445 e. The molecule has 0 spiro atoms. The summed E-state index contributed by atoms with van der Waals surface area (Å²) in [6.07, 6.45) is 0.947. The van der Waals surface area contributed by atoms with Crippen molar-refractivity contribution in [3.63, 3.8) is 0 Å². The minimum absolute atomic E-state index is 0.0155. The highest BCUT2D eigenvalue weighted by Gasteiger charge is 2.36. The van der Waals surface area contributed by atoms with Crippen LogP contribution >= 0.6 is 11.8 Å². The molecule has 162 valence electrons. The summed E-state index contributed by atoms with van der Waals surface area (Å²) in [5.74, 6) is 0.578. The molecule has 2 aromatic carbocycles. The summed E-state index contributed by atoms with van der Waals surface area (Å²) in [7, 11) is 1.88. The fourth-order valence-electron chi connectivity index (χ4n) is 3.73. The Balaban J connectivity index is 1.33. The third-order valence-corrected chi connectivity index (χ3v) is 6.42. The van der Waals surface area contributed by atoms with Crippen molar-refractivity contribution < 1.29 is 14.3 Å². The van der Waals surface area contributed by atoms with E-state index in [4.69, 9.17) is 4.74 Å². The maximum absolute atomic E-state index is 12.9. The molecule has 8 heteroatoms. The van der Waals surface area contributed by atoms with E-state index in [1.807, 2.05) is 61.6 Å². The molecule has 0 aliphatic carbocycles. The lowest BCUT2D eigenvalue weighted by atomic mass is 10.1. The average molecular weight is 439 g/mol. The van der Waals surface area contributed by atoms with Gasteiger partial charge in [-0.1, -0.05) is 54.2 Å². The zero-order valence-electron chi connectivity index (χ0n) is 17.4. The van der Waals surface area contributed by atoms with Crippen molar-refractivity contribution in [1.29, 1.82) is 0 Å². The number of nitrogens with one attached hydrogen (secondary N) is 2. The number of nitrogens with zero attached hydrogens (tertiary/aromatic N) is 2. The molecule has 2 amide bonds. The number of amidine groups is 1. The fourth-order valence-corrected chi connectivity index (χ4v) is 4.69. The molecular weight excluding hydrogens is 412 g/mol. The zero-order valence-corrected chi connectivity index (χ0v) is 18.2. The number of carbonyl (C=O) groups is 2. The van der Waals surface area contributed by atoms with E-state index in [-0.39, 0.29) is 18.6 Å². The maximum Gasteiger partial charge on any atom is 0.410 e. The second kappa shape index (κ2) is 9.87. The van der Waals surface area contributed by atoms with Gasteiger partial charge in [-0.2, -0.15) is 0 Å². The third-order valence-electron chi connectivity index (χ3n) is 5.46. The Bertz CT molecular complexity index is 949. The van der Waals surface area contributed by atoms with E-state index in [9.17, 15) is 9.59 Å². The van der Waals surface area contributed by atoms with Crippen molar-refractivity contribution in [3.8, 4) is 0 Å². The number of hydrogen-bond acceptors (Lipinski definition) is 6. The first-order valence-electron chi connectivity index (χ1n) is 10.4. The van der Waals surface area contributed by atoms with Gasteiger partial charge in [0.25, 0.3) is 0 Å². The van der Waals surface area contributed by atoms with Crippen molar-refractivity contribution in [2.45, 2.75) is 31.5 Å². The van der Waals surface area contributed by atoms with Gasteiger partial charge in [0.15, 0.2) is 5.17 Å². The number of aliphatic imine (C=N–C) groups is 1. The average Bonchev–Trinajstić information content (AvgIpc) is 3.48. The van der Waals surface area contributed by atoms with Crippen LogP contribution in [0.15, 0.2) is 59.6 Å². The van der Waals surface area contributed by atoms with Gasteiger partial charge in [0.1, 0.15) is 12.6 Å². The smallest absolute Gasteiger partial charge is 0.410 e. The first-order chi connectivity index (χ1) is 15.1. The third kappa shape index (κ3) is 5.19. The fraction of sp³-hybridized carbons (Fsp3) is 0.348. The van der Waals surface area contributed by atoms with Gasteiger partial charge >= 0.3 is 6.09 Å². The summed E-state index contributed by atoms with van der Waals surface area (Å²) < 4.78 is 5.42. The van der Waals surface area contributed by atoms with Crippen LogP contribution in [0.2, 0.25) is 0 Å². The summed E-state index contributed by atoms with van der Waals surface area (Å²) in [4.78, 5) is 31.6. The summed E-state index contributed by atoms with van der Waals surface area (Å²) in [5.41, 5.74) is 3.08. The predicted molar refractivity (Wildman–Crippen MR) is 123 cm³/mol. The lowest BCUT2D eigenvalue weighted by molar-refractivity contribution is -0.123. The number of likely N-dealkylation sites (tertiary alicyclic amines) is 1. The van der Waals surface area contributed by atoms with Gasteiger partial charge in [-0.15, -0.1) is 0 Å². The topological polar surface area (TPSA) is 83.0 Å². The second-order valence-electron chi connectivity index (χ2n) is 7.51. The Hall–Kier alpha value is -3.00. The van der Waals surface area contributed by atoms with E-state index in [0.29, 0.717) is 18.1 Å². The Labute approximate surface area is 186 Å². The number of carbonyl (C=O) groups excluding carboxylic acids is 2. The molecule has 1 saturated heterocycles. The van der Waals surface area contributed by atoms with E-state index in [2.05, 4.69) is 15.6 Å². The molecule has 2 aromatic rings. The molecule has 2 unspecified atom stereocenters. The molecule has 0 aromatic heterocycles. The lowest BCUT2D eigenvalue weighted by Crippen LogP contribution is -2.47. The van der Waals surface area contributed by atoms with Crippen molar-refractivity contribution in [1.82, 2.24) is 10.2 Å². The molecule has 7 nitrogen and oxygen atoms in total. The highest BCUT2D eigenvalue weighted by Crippen LogP contribution is 2.30. The van der Waals surface area contributed by atoms with Crippen LogP contribution in [0.25, 0.3) is 0 Å². The van der Waals surface area contributed by atoms with Crippen LogP contribution in [-0.2, 0) is 16.1 Å². The summed E-state index contributed by atoms with van der Waals surface area (Å²) >= 11 is 1.53. The molecule has 31 heavy (non-hydrogen) atoms. The number of thioether (sulfide) groups is 1. The molecule has 1 fully saturated rings. The SMILES string of the molecule is CNc1ccc(C2CSC(NC(=O)C3CCCN3C(=O)OCc3ccccc3)=N2)cc1. The predicted octanol–water partition coefficient (Wildman–Crippen LogP) is 3.79. The molecule has 0 saturated carbocycles. The monoisotopic (exact) mass is 438 g/mol. The number of benzene rings is 2. The van der Waals surface area contributed by atoms with E-state index < -0.39 is 12.1 Å². The standard InChI is InChI=1S/C23H26N4O3S/c1-24-18-11-9-17(10-12-18)19-15-31-22(25-19)26-21(28)20-8-5-13-27(20)23(29)30-14-16-6-3-2-4-7-16/h2-4,6-7,9-12,19-20,24H,5,8,13-15H2,1H3,(H,25,26,28). The maximum atomic E-state index is 12.9. The molecule has 4 rings (SSSR count). The van der Waals surface area contributed by atoms with E-state index in [1.165, 1.54) is 16.7 Å². The van der Waals surface area contributed by atoms with Crippen LogP contribution in [0.4, 0.5) is 10.5 Å². The first kappa shape index (κ1) is 21.2. The van der Waals surface area contributed by atoms with Crippen LogP contribution in [0, 0.1) is 0 Å². The Kier molecular flexibility index (Phi) is 6.76. The molecule has 2 atom stereocenters. The van der Waals surface area contributed by atoms with Gasteiger partial charge in [0, 0.05) is 25.0 Å². The van der Waals surface area contributed by atoms with Gasteiger partial charge in [-0.25, -0.2) is 4.79 Å². The van der Waals surface area contributed by atoms with Gasteiger partial charge in [0.05, 0.1) is 6.04 Å². The number of amides is 2. The van der Waals surface area contributed by atoms with Crippen molar-refractivity contribution >= 4 is 34.6 Å². The number of anilines is 1. The van der Waals surface area contributed by atoms with Gasteiger partial charge in [0.2, 0.25) is 5.91 Å². The quantitative estimate of drug-likeness (QED) is 0.742. The Morgan fingerprint density at radius 2 is 1.94 bits per heavy atom. The molecule has 2 N–H and O–H groups in total. The number of rotatable bonds is 5. The Morgan fingerprint density at radius 3 is 2.68 bits per heavy atom. The summed E-state index contributed by atoms with van der Waals surface area (Å²) in [6, 6.07) is 17.1. The normalized spacial score (nSPS) is 20.3. The highest BCUT2D eigenvalue weighted by molar-refractivity contribution is 8.14. The molecule has 2 heterocycles. The lowest BCUT2D eigenvalue weighted by Gasteiger charge is -2.23. The van der Waals surface area contributed by atoms with E-state index >= 15 is 0 Å². The van der Waals surface area contributed by atoms with Crippen molar-refractivity contribution in [3.05, 3.63) is 65.7 Å². The van der Waals surface area contributed by atoms with Gasteiger partial charge in [-0.3, -0.25) is 14.7 Å². The van der Waals surface area contributed by atoms with Crippen LogP contribution in [-0.4, -0.2) is 47.5 Å². The second-order valence-corrected chi connectivity index (χ2v) is 8.52. The van der Waals surface area contributed by atoms with Crippen LogP contribution < -0.4 is 10.6 Å². The first-order valence-corrected chi connectivity index (χ1v) is 11.4. The minimum Gasteiger partial charge on any atom is -0.445 e. The highest BCUT2D eigenvalue weighted by atomic mass is 32.2. The van der Waals surface area contributed by atoms with E-state index in [1.54, 1.807) is 0 Å². The van der Waals surface area contributed by atoms with Crippen LogP contribution in [0.3, 0.4) is 0 Å². The van der Waals surface area contributed by atoms with Crippen molar-refractivity contribution in [2.75, 3.05) is 24.7 Å². The minimum atomic E-state index is -0.527. The van der Waals surface area contributed by atoms with Gasteiger partial charge < -0.3 is 15.4 Å². The zero-order chi connectivity index (χ0) is 21.6. The molecule has 2 aliphatic rings. The van der Waals surface area contributed by atoms with E-state index in [0.717, 1.165) is 29.0 Å².